The highest BCUT2D eigenvalue weighted by molar-refractivity contribution is 8.18. The van der Waals surface area contributed by atoms with Crippen molar-refractivity contribution in [2.75, 3.05) is 0 Å². The topological polar surface area (TPSA) is 96.1 Å². The highest BCUT2D eigenvalue weighted by atomic mass is 32.2. The van der Waals surface area contributed by atoms with Crippen LogP contribution in [0.25, 0.3) is 11.7 Å². The van der Waals surface area contributed by atoms with E-state index in [2.05, 4.69) is 15.3 Å². The largest absolute Gasteiger partial charge is 0.493 e. The van der Waals surface area contributed by atoms with Crippen LogP contribution in [0.1, 0.15) is 5.56 Å². The summed E-state index contributed by atoms with van der Waals surface area (Å²) in [6.07, 6.45) is 2.88. The van der Waals surface area contributed by atoms with Gasteiger partial charge in [0, 0.05) is 6.20 Å². The number of amidine groups is 1. The number of hydrogen-bond donors (Lipinski definition) is 2. The first-order chi connectivity index (χ1) is 12.6. The van der Waals surface area contributed by atoms with Crippen LogP contribution in [0.2, 0.25) is 0 Å². The van der Waals surface area contributed by atoms with Crippen LogP contribution >= 0.6 is 11.8 Å². The Balaban J connectivity index is 1.73. The fraction of sp³-hybridized carbons (Fsp3) is 0. The monoisotopic (exact) mass is 364 g/mol. The summed E-state index contributed by atoms with van der Waals surface area (Å²) < 4.78 is 1.31. The zero-order valence-corrected chi connectivity index (χ0v) is 14.1. The minimum absolute atomic E-state index is 0.0488. The molecule has 1 aliphatic heterocycles. The molecule has 1 amide bonds. The number of thioether (sulfide) groups is 1. The molecule has 1 saturated heterocycles. The van der Waals surface area contributed by atoms with Crippen molar-refractivity contribution < 1.29 is 9.90 Å². The molecular formula is C18H12N4O3S. The normalized spacial score (nSPS) is 17.2. The number of hydrogen-bond acceptors (Lipinski definition) is 6. The summed E-state index contributed by atoms with van der Waals surface area (Å²) in [5.74, 6) is -0.808. The molecule has 1 aromatic carbocycles. The van der Waals surface area contributed by atoms with Gasteiger partial charge in [-0.25, -0.2) is 4.99 Å². The van der Waals surface area contributed by atoms with Gasteiger partial charge < -0.3 is 10.4 Å². The molecule has 26 heavy (non-hydrogen) atoms. The minimum Gasteiger partial charge on any atom is -0.493 e. The number of amides is 1. The van der Waals surface area contributed by atoms with Gasteiger partial charge in [0.1, 0.15) is 11.2 Å². The lowest BCUT2D eigenvalue weighted by molar-refractivity contribution is -0.115. The van der Waals surface area contributed by atoms with Crippen molar-refractivity contribution in [3.05, 3.63) is 75.6 Å². The predicted octanol–water partition coefficient (Wildman–Crippen LogP) is 2.29. The predicted molar refractivity (Wildman–Crippen MR) is 100 cm³/mol. The first kappa shape index (κ1) is 16.1. The molecule has 7 nitrogen and oxygen atoms in total. The maximum Gasteiger partial charge on any atom is 0.269 e. The number of carbonyl (C=O) groups is 1. The van der Waals surface area contributed by atoms with Crippen molar-refractivity contribution in [3.63, 3.8) is 0 Å². The molecule has 2 N–H and O–H groups in total. The Morgan fingerprint density at radius 1 is 1.12 bits per heavy atom. The van der Waals surface area contributed by atoms with Crippen molar-refractivity contribution in [2.45, 2.75) is 0 Å². The van der Waals surface area contributed by atoms with Crippen LogP contribution in [0.4, 0.5) is 5.69 Å². The zero-order chi connectivity index (χ0) is 18.1. The van der Waals surface area contributed by atoms with Crippen LogP contribution in [0, 0.1) is 0 Å². The smallest absolute Gasteiger partial charge is 0.269 e. The Morgan fingerprint density at radius 3 is 2.69 bits per heavy atom. The van der Waals surface area contributed by atoms with Crippen molar-refractivity contribution in [1.82, 2.24) is 14.7 Å². The summed E-state index contributed by atoms with van der Waals surface area (Å²) in [6.45, 7) is 0. The Bertz CT molecular complexity index is 1140. The second-order valence-electron chi connectivity index (χ2n) is 5.40. The molecule has 3 aromatic rings. The Morgan fingerprint density at radius 2 is 1.88 bits per heavy atom. The number of pyridine rings is 1. The number of aliphatic imine (C=N–C) groups is 1. The molecule has 1 fully saturated rings. The summed E-state index contributed by atoms with van der Waals surface area (Å²) >= 11 is 1.09. The lowest BCUT2D eigenvalue weighted by Gasteiger charge is -2.03. The van der Waals surface area contributed by atoms with E-state index < -0.39 is 11.4 Å². The molecule has 8 heteroatoms. The Labute approximate surface area is 151 Å². The molecule has 0 atom stereocenters. The van der Waals surface area contributed by atoms with E-state index in [-0.39, 0.29) is 16.4 Å². The molecule has 0 unspecified atom stereocenters. The molecule has 2 aromatic heterocycles. The third-order valence-corrected chi connectivity index (χ3v) is 4.57. The Hall–Kier alpha value is -3.39. The van der Waals surface area contributed by atoms with Crippen molar-refractivity contribution >= 4 is 40.2 Å². The zero-order valence-electron chi connectivity index (χ0n) is 13.3. The number of benzene rings is 1. The van der Waals surface area contributed by atoms with E-state index in [4.69, 9.17) is 0 Å². The highest BCUT2D eigenvalue weighted by Crippen LogP contribution is 2.28. The van der Waals surface area contributed by atoms with Crippen molar-refractivity contribution in [2.24, 2.45) is 4.99 Å². The number of rotatable bonds is 2. The number of aromatic nitrogens is 2. The van der Waals surface area contributed by atoms with E-state index in [0.717, 1.165) is 11.8 Å². The van der Waals surface area contributed by atoms with Gasteiger partial charge in [-0.05, 0) is 42.1 Å². The summed E-state index contributed by atoms with van der Waals surface area (Å²) in [5, 5.41) is 13.1. The molecular weight excluding hydrogens is 352 g/mol. The summed E-state index contributed by atoms with van der Waals surface area (Å²) in [5.41, 5.74) is 0.522. The third kappa shape index (κ3) is 2.98. The molecule has 0 radical (unpaired) electrons. The van der Waals surface area contributed by atoms with Gasteiger partial charge in [-0.3, -0.25) is 14.0 Å². The highest BCUT2D eigenvalue weighted by Gasteiger charge is 2.25. The maximum atomic E-state index is 12.6. The molecule has 3 heterocycles. The fourth-order valence-electron chi connectivity index (χ4n) is 2.45. The molecule has 0 spiro atoms. The third-order valence-electron chi connectivity index (χ3n) is 3.66. The van der Waals surface area contributed by atoms with Crippen LogP contribution < -0.4 is 10.9 Å². The summed E-state index contributed by atoms with van der Waals surface area (Å²) in [7, 11) is 0. The van der Waals surface area contributed by atoms with E-state index in [0.29, 0.717) is 16.5 Å². The maximum absolute atomic E-state index is 12.6. The van der Waals surface area contributed by atoms with E-state index >= 15 is 0 Å². The van der Waals surface area contributed by atoms with Crippen LogP contribution in [0.15, 0.2) is 69.4 Å². The quantitative estimate of drug-likeness (QED) is 0.680. The number of para-hydroxylation sites is 1. The number of fused-ring (bicyclic) bond motifs is 1. The van der Waals surface area contributed by atoms with Gasteiger partial charge in [0.15, 0.2) is 5.17 Å². The molecule has 0 aliphatic carbocycles. The second kappa shape index (κ2) is 6.49. The van der Waals surface area contributed by atoms with Crippen molar-refractivity contribution in [1.29, 1.82) is 0 Å². The first-order valence-corrected chi connectivity index (χ1v) is 8.48. The number of nitrogens with one attached hydrogen (secondary N) is 1. The SMILES string of the molecule is O=C1NC(=Nc2ccccc2)SC1=Cc1c(O)nc2ccccn2c1=O. The van der Waals surface area contributed by atoms with Crippen LogP contribution in [-0.4, -0.2) is 25.6 Å². The number of nitrogens with zero attached hydrogens (tertiary/aromatic N) is 3. The van der Waals surface area contributed by atoms with Crippen molar-refractivity contribution in [3.8, 4) is 5.88 Å². The average molecular weight is 364 g/mol. The molecule has 128 valence electrons. The molecule has 0 bridgehead atoms. The Kier molecular flexibility index (Phi) is 4.02. The van der Waals surface area contributed by atoms with Gasteiger partial charge >= 0.3 is 0 Å². The van der Waals surface area contributed by atoms with Crippen LogP contribution in [0.3, 0.4) is 0 Å². The molecule has 1 aliphatic rings. The summed E-state index contributed by atoms with van der Waals surface area (Å²) in [6, 6.07) is 14.2. The van der Waals surface area contributed by atoms with Gasteiger partial charge in [-0.1, -0.05) is 24.3 Å². The second-order valence-corrected chi connectivity index (χ2v) is 6.43. The molecule has 0 saturated carbocycles. The van der Waals surface area contributed by atoms with E-state index in [1.54, 1.807) is 24.4 Å². The molecule has 4 rings (SSSR count). The standard InChI is InChI=1S/C18H12N4O3S/c23-15-12(17(25)22-9-5-4-8-14(22)20-15)10-13-16(24)21-18(26-13)19-11-6-2-1-3-7-11/h1-10,23H,(H,19,21,24). The van der Waals surface area contributed by atoms with Gasteiger partial charge in [-0.2, -0.15) is 4.98 Å². The number of aromatic hydroxyl groups is 1. The van der Waals surface area contributed by atoms with Crippen LogP contribution in [-0.2, 0) is 4.79 Å². The van der Waals surface area contributed by atoms with Gasteiger partial charge in [-0.15, -0.1) is 0 Å². The number of carbonyl (C=O) groups excluding carboxylic acids is 1. The van der Waals surface area contributed by atoms with Gasteiger partial charge in [0.2, 0.25) is 5.88 Å². The van der Waals surface area contributed by atoms with E-state index in [9.17, 15) is 14.7 Å². The minimum atomic E-state index is -0.456. The van der Waals surface area contributed by atoms with Gasteiger partial charge in [0.25, 0.3) is 11.5 Å². The lowest BCUT2D eigenvalue weighted by atomic mass is 10.2. The van der Waals surface area contributed by atoms with E-state index in [1.165, 1.54) is 10.5 Å². The van der Waals surface area contributed by atoms with E-state index in [1.807, 2.05) is 30.3 Å². The van der Waals surface area contributed by atoms with Gasteiger partial charge in [0.05, 0.1) is 10.6 Å². The first-order valence-electron chi connectivity index (χ1n) is 7.67. The van der Waals surface area contributed by atoms with Crippen LogP contribution in [0.5, 0.6) is 5.88 Å². The average Bonchev–Trinajstić information content (AvgIpc) is 2.98. The lowest BCUT2D eigenvalue weighted by Crippen LogP contribution is -2.20. The summed E-state index contributed by atoms with van der Waals surface area (Å²) in [4.78, 5) is 33.3. The fourth-order valence-corrected chi connectivity index (χ4v) is 3.27.